The van der Waals surface area contributed by atoms with Crippen LogP contribution >= 0.6 is 17.0 Å². The fourth-order valence-corrected chi connectivity index (χ4v) is 5.09. The summed E-state index contributed by atoms with van der Waals surface area (Å²) in [4.78, 5) is 26.1. The van der Waals surface area contributed by atoms with Crippen molar-refractivity contribution in [3.8, 4) is 11.3 Å². The second kappa shape index (κ2) is 8.24. The molecule has 2 bridgehead atoms. The number of imidazole rings is 1. The molecule has 5 heterocycles. The summed E-state index contributed by atoms with van der Waals surface area (Å²) < 4.78 is 2.08. The molecule has 3 aromatic heterocycles. The van der Waals surface area contributed by atoms with Gasteiger partial charge in [0.2, 0.25) is 0 Å². The first kappa shape index (κ1) is 21.5. The monoisotopic (exact) mass is 505 g/mol. The third-order valence-electron chi connectivity index (χ3n) is 6.66. The largest absolute Gasteiger partial charge is 0.382 e. The molecule has 4 N–H and O–H groups in total. The summed E-state index contributed by atoms with van der Waals surface area (Å²) in [5.41, 5.74) is 9.22. The molecule has 0 radical (unpaired) electrons. The summed E-state index contributed by atoms with van der Waals surface area (Å²) >= 11 is 0. The fraction of sp³-hybridized carbons (Fsp3) is 0.250. The van der Waals surface area contributed by atoms with E-state index in [2.05, 4.69) is 25.0 Å². The molecule has 1 aromatic carbocycles. The summed E-state index contributed by atoms with van der Waals surface area (Å²) in [7, 11) is 0. The van der Waals surface area contributed by atoms with E-state index in [1.54, 1.807) is 36.7 Å². The van der Waals surface area contributed by atoms with E-state index in [1.165, 1.54) is 12.8 Å². The fourth-order valence-electron chi connectivity index (χ4n) is 5.09. The van der Waals surface area contributed by atoms with Crippen LogP contribution in [0.3, 0.4) is 0 Å². The minimum absolute atomic E-state index is 0. The van der Waals surface area contributed by atoms with Crippen molar-refractivity contribution in [2.45, 2.75) is 37.3 Å². The molecule has 1 amide bonds. The number of nitrogen functional groups attached to an aromatic ring is 1. The average molecular weight is 506 g/mol. The lowest BCUT2D eigenvalue weighted by Gasteiger charge is -2.24. The Labute approximate surface area is 201 Å². The van der Waals surface area contributed by atoms with Crippen LogP contribution in [0.25, 0.3) is 16.8 Å². The van der Waals surface area contributed by atoms with Gasteiger partial charge in [-0.25, -0.2) is 15.0 Å². The Balaban J connectivity index is 0.00000228. The number of amides is 1. The maximum atomic E-state index is 12.6. The first-order chi connectivity index (χ1) is 15.6. The van der Waals surface area contributed by atoms with Crippen molar-refractivity contribution >= 4 is 40.0 Å². The summed E-state index contributed by atoms with van der Waals surface area (Å²) in [6.45, 7) is 0. The molecule has 8 nitrogen and oxygen atoms in total. The molecule has 0 spiro atoms. The highest BCUT2D eigenvalue weighted by atomic mass is 79.9. The third kappa shape index (κ3) is 3.57. The highest BCUT2D eigenvalue weighted by Crippen LogP contribution is 2.45. The Morgan fingerprint density at radius 1 is 1.09 bits per heavy atom. The van der Waals surface area contributed by atoms with E-state index in [9.17, 15) is 4.79 Å². The van der Waals surface area contributed by atoms with E-state index in [1.807, 2.05) is 24.4 Å². The van der Waals surface area contributed by atoms with Gasteiger partial charge in [0.25, 0.3) is 5.91 Å². The summed E-state index contributed by atoms with van der Waals surface area (Å²) in [5, 5.41) is 6.58. The second-order valence-electron chi connectivity index (χ2n) is 8.56. The Bertz CT molecular complexity index is 1310. The molecule has 33 heavy (non-hydrogen) atoms. The quantitative estimate of drug-likeness (QED) is 0.387. The Hall–Kier alpha value is -3.30. The minimum Gasteiger partial charge on any atom is -0.382 e. The van der Waals surface area contributed by atoms with E-state index in [0.29, 0.717) is 23.2 Å². The number of nitrogens with one attached hydrogen (secondary N) is 2. The highest BCUT2D eigenvalue weighted by molar-refractivity contribution is 8.93. The van der Waals surface area contributed by atoms with Crippen LogP contribution in [0.2, 0.25) is 0 Å². The van der Waals surface area contributed by atoms with Crippen LogP contribution in [0.1, 0.15) is 41.9 Å². The van der Waals surface area contributed by atoms with Crippen molar-refractivity contribution in [1.29, 1.82) is 0 Å². The summed E-state index contributed by atoms with van der Waals surface area (Å²) in [6, 6.07) is 13.4. The van der Waals surface area contributed by atoms with Crippen LogP contribution in [0.4, 0.5) is 11.6 Å². The van der Waals surface area contributed by atoms with Crippen LogP contribution in [0, 0.1) is 0 Å². The normalized spacial score (nSPS) is 21.2. The molecule has 2 saturated heterocycles. The van der Waals surface area contributed by atoms with Crippen molar-refractivity contribution in [2.24, 2.45) is 0 Å². The van der Waals surface area contributed by atoms with Gasteiger partial charge in [-0.05, 0) is 49.9 Å². The zero-order valence-electron chi connectivity index (χ0n) is 17.9. The van der Waals surface area contributed by atoms with Gasteiger partial charge in [-0.15, -0.1) is 17.0 Å². The van der Waals surface area contributed by atoms with E-state index in [4.69, 9.17) is 10.7 Å². The molecule has 4 aromatic rings. The van der Waals surface area contributed by atoms with Crippen LogP contribution in [0.15, 0.2) is 61.1 Å². The number of carbonyl (C=O) groups is 1. The van der Waals surface area contributed by atoms with Crippen molar-refractivity contribution < 1.29 is 4.79 Å². The Kier molecular flexibility index (Phi) is 5.38. The Morgan fingerprint density at radius 2 is 1.88 bits per heavy atom. The topological polar surface area (TPSA) is 110 Å². The molecule has 0 unspecified atom stereocenters. The summed E-state index contributed by atoms with van der Waals surface area (Å²) in [5.74, 6) is 1.75. The standard InChI is InChI=1S/C24H23N7O.BrH/c25-21-20-19(15-4-6-16(7-5-15)22(32)28-18-3-1-2-12-26-18)29-23(31(20)14-13-27-21)24-10-8-17(30-24)9-11-24;/h1-7,12-14,17,30H,8-11H2,(H2,25,27)(H,26,28,32);1H. The number of hydrogen-bond donors (Lipinski definition) is 3. The number of aromatic nitrogens is 4. The lowest BCUT2D eigenvalue weighted by Crippen LogP contribution is -2.35. The molecule has 2 aliphatic rings. The van der Waals surface area contributed by atoms with Crippen LogP contribution in [-0.2, 0) is 5.54 Å². The predicted octanol–water partition coefficient (Wildman–Crippen LogP) is 3.94. The maximum absolute atomic E-state index is 12.6. The van der Waals surface area contributed by atoms with Crippen LogP contribution in [-0.4, -0.2) is 31.3 Å². The third-order valence-corrected chi connectivity index (χ3v) is 6.66. The molecule has 9 heteroatoms. The molecular formula is C24H24BrN7O. The van der Waals surface area contributed by atoms with Gasteiger partial charge in [-0.2, -0.15) is 0 Å². The molecule has 2 fully saturated rings. The molecule has 0 atom stereocenters. The zero-order valence-corrected chi connectivity index (χ0v) is 19.6. The van der Waals surface area contributed by atoms with Gasteiger partial charge >= 0.3 is 0 Å². The SMILES string of the molecule is Br.Nc1nccn2c(C34CCC(CC3)N4)nc(-c3ccc(C(=O)Nc4ccccn4)cc3)c12. The zero-order chi connectivity index (χ0) is 21.7. The number of nitrogens with two attached hydrogens (primary N) is 1. The van der Waals surface area contributed by atoms with E-state index < -0.39 is 0 Å². The van der Waals surface area contributed by atoms with Gasteiger partial charge in [0.1, 0.15) is 28.7 Å². The molecule has 0 aliphatic carbocycles. The van der Waals surface area contributed by atoms with Crippen LogP contribution < -0.4 is 16.4 Å². The first-order valence-corrected chi connectivity index (χ1v) is 10.9. The van der Waals surface area contributed by atoms with Gasteiger partial charge in [-0.3, -0.25) is 9.20 Å². The minimum atomic E-state index is -0.210. The van der Waals surface area contributed by atoms with Gasteiger partial charge in [0.15, 0.2) is 0 Å². The maximum Gasteiger partial charge on any atom is 0.256 e. The van der Waals surface area contributed by atoms with Crippen molar-refractivity contribution in [1.82, 2.24) is 24.7 Å². The van der Waals surface area contributed by atoms with E-state index in [-0.39, 0.29) is 28.4 Å². The molecule has 0 saturated carbocycles. The molecule has 6 rings (SSSR count). The number of anilines is 2. The lowest BCUT2D eigenvalue weighted by molar-refractivity contribution is 0.102. The summed E-state index contributed by atoms with van der Waals surface area (Å²) in [6.07, 6.45) is 9.80. The average Bonchev–Trinajstić information content (AvgIpc) is 3.54. The number of benzene rings is 1. The predicted molar refractivity (Wildman–Crippen MR) is 132 cm³/mol. The molecule has 168 valence electrons. The lowest BCUT2D eigenvalue weighted by atomic mass is 9.87. The van der Waals surface area contributed by atoms with Gasteiger partial charge < -0.3 is 16.4 Å². The molecule has 2 aliphatic heterocycles. The smallest absolute Gasteiger partial charge is 0.256 e. The highest BCUT2D eigenvalue weighted by Gasteiger charge is 2.48. The van der Waals surface area contributed by atoms with Crippen molar-refractivity contribution in [3.05, 3.63) is 72.4 Å². The van der Waals surface area contributed by atoms with Crippen LogP contribution in [0.5, 0.6) is 0 Å². The van der Waals surface area contributed by atoms with Gasteiger partial charge in [0.05, 0.1) is 5.54 Å². The number of rotatable bonds is 4. The number of hydrogen-bond acceptors (Lipinski definition) is 6. The number of pyridine rings is 1. The van der Waals surface area contributed by atoms with Gasteiger partial charge in [-0.1, -0.05) is 18.2 Å². The Morgan fingerprint density at radius 3 is 2.55 bits per heavy atom. The number of halogens is 1. The number of fused-ring (bicyclic) bond motifs is 3. The second-order valence-corrected chi connectivity index (χ2v) is 8.56. The van der Waals surface area contributed by atoms with E-state index in [0.717, 1.165) is 35.4 Å². The van der Waals surface area contributed by atoms with Crippen molar-refractivity contribution in [3.63, 3.8) is 0 Å². The van der Waals surface area contributed by atoms with Gasteiger partial charge in [0, 0.05) is 35.8 Å². The first-order valence-electron chi connectivity index (χ1n) is 10.9. The van der Waals surface area contributed by atoms with Crippen molar-refractivity contribution in [2.75, 3.05) is 11.1 Å². The number of carbonyl (C=O) groups excluding carboxylic acids is 1. The number of nitrogens with zero attached hydrogens (tertiary/aromatic N) is 4. The molecular weight excluding hydrogens is 482 g/mol. The van der Waals surface area contributed by atoms with E-state index >= 15 is 0 Å².